The van der Waals surface area contributed by atoms with Crippen LogP contribution in [0.1, 0.15) is 18.5 Å². The zero-order valence-corrected chi connectivity index (χ0v) is 8.40. The van der Waals surface area contributed by atoms with E-state index in [0.29, 0.717) is 10.1 Å². The normalized spacial score (nSPS) is 12.2. The van der Waals surface area contributed by atoms with Gasteiger partial charge in [0.15, 0.2) is 0 Å². The monoisotopic (exact) mass is 214 g/mol. The van der Waals surface area contributed by atoms with Crippen molar-refractivity contribution in [3.63, 3.8) is 0 Å². The zero-order chi connectivity index (χ0) is 10.7. The highest BCUT2D eigenvalue weighted by Gasteiger charge is 2.16. The van der Waals surface area contributed by atoms with Crippen LogP contribution in [0.15, 0.2) is 24.3 Å². The van der Waals surface area contributed by atoms with Crippen LogP contribution in [0.4, 0.5) is 4.79 Å². The number of hydrogen-bond donors (Lipinski definition) is 2. The molecule has 0 bridgehead atoms. The summed E-state index contributed by atoms with van der Waals surface area (Å²) in [6.45, 7) is 1.66. The molecule has 0 fully saturated rings. The summed E-state index contributed by atoms with van der Waals surface area (Å²) in [6.07, 6.45) is 0. The van der Waals surface area contributed by atoms with Crippen molar-refractivity contribution in [1.82, 2.24) is 5.06 Å². The van der Waals surface area contributed by atoms with Crippen molar-refractivity contribution in [3.8, 4) is 0 Å². The Balaban J connectivity index is 2.84. The van der Waals surface area contributed by atoms with Crippen molar-refractivity contribution in [2.45, 2.75) is 13.0 Å². The Kier molecular flexibility index (Phi) is 3.33. The molecule has 0 aliphatic rings. The fraction of sp³-hybridized carbons (Fsp3) is 0.222. The van der Waals surface area contributed by atoms with E-state index < -0.39 is 12.1 Å². The Bertz CT molecular complexity index is 326. The third-order valence-corrected chi connectivity index (χ3v) is 2.20. The summed E-state index contributed by atoms with van der Waals surface area (Å²) in [5.41, 5.74) is 5.67. The van der Waals surface area contributed by atoms with Gasteiger partial charge in [0, 0.05) is 5.02 Å². The minimum absolute atomic E-state index is 0.475. The Morgan fingerprint density at radius 1 is 1.50 bits per heavy atom. The van der Waals surface area contributed by atoms with Crippen LogP contribution in [0.25, 0.3) is 0 Å². The summed E-state index contributed by atoms with van der Waals surface area (Å²) in [5, 5.41) is 10.3. The molecular formula is C9H11ClN2O2. The number of primary amides is 1. The third-order valence-electron chi connectivity index (χ3n) is 1.95. The molecule has 0 aliphatic heterocycles. The number of urea groups is 1. The zero-order valence-electron chi connectivity index (χ0n) is 7.64. The van der Waals surface area contributed by atoms with Gasteiger partial charge in [-0.3, -0.25) is 5.21 Å². The first-order chi connectivity index (χ1) is 6.52. The Labute approximate surface area is 86.8 Å². The summed E-state index contributed by atoms with van der Waals surface area (Å²) in [4.78, 5) is 10.7. The number of carbonyl (C=O) groups excluding carboxylic acids is 1. The minimum atomic E-state index is -0.882. The lowest BCUT2D eigenvalue weighted by Crippen LogP contribution is -2.34. The maximum Gasteiger partial charge on any atom is 0.339 e. The van der Waals surface area contributed by atoms with Gasteiger partial charge in [0.25, 0.3) is 0 Å². The van der Waals surface area contributed by atoms with E-state index in [9.17, 15) is 10.0 Å². The highest BCUT2D eigenvalue weighted by molar-refractivity contribution is 6.30. The second-order valence-corrected chi connectivity index (χ2v) is 3.35. The number of halogens is 1. The maximum atomic E-state index is 10.7. The Morgan fingerprint density at radius 3 is 2.43 bits per heavy atom. The molecular weight excluding hydrogens is 204 g/mol. The van der Waals surface area contributed by atoms with Gasteiger partial charge in [-0.1, -0.05) is 23.7 Å². The summed E-state index contributed by atoms with van der Waals surface area (Å²) >= 11 is 5.69. The van der Waals surface area contributed by atoms with E-state index in [0.717, 1.165) is 5.56 Å². The first-order valence-electron chi connectivity index (χ1n) is 4.05. The van der Waals surface area contributed by atoms with Crippen molar-refractivity contribution >= 4 is 17.6 Å². The molecule has 1 atom stereocenters. The molecule has 1 unspecified atom stereocenters. The van der Waals surface area contributed by atoms with Gasteiger partial charge in [-0.15, -0.1) is 0 Å². The van der Waals surface area contributed by atoms with E-state index >= 15 is 0 Å². The molecule has 14 heavy (non-hydrogen) atoms. The van der Waals surface area contributed by atoms with Gasteiger partial charge in [0.2, 0.25) is 0 Å². The second kappa shape index (κ2) is 4.30. The van der Waals surface area contributed by atoms with Crippen LogP contribution in [0.5, 0.6) is 0 Å². The van der Waals surface area contributed by atoms with Gasteiger partial charge >= 0.3 is 6.03 Å². The number of amides is 2. The number of carbonyl (C=O) groups is 1. The van der Waals surface area contributed by atoms with Crippen molar-refractivity contribution in [1.29, 1.82) is 0 Å². The fourth-order valence-electron chi connectivity index (χ4n) is 1.07. The molecule has 1 aromatic carbocycles. The molecule has 3 N–H and O–H groups in total. The predicted octanol–water partition coefficient (Wildman–Crippen LogP) is 2.17. The van der Waals surface area contributed by atoms with E-state index in [1.807, 2.05) is 0 Å². The third kappa shape index (κ3) is 2.37. The molecule has 5 heteroatoms. The quantitative estimate of drug-likeness (QED) is 0.585. The number of nitrogens with zero attached hydrogens (tertiary/aromatic N) is 1. The van der Waals surface area contributed by atoms with Crippen molar-refractivity contribution in [2.24, 2.45) is 5.73 Å². The molecule has 0 radical (unpaired) electrons. The molecule has 0 saturated heterocycles. The first-order valence-corrected chi connectivity index (χ1v) is 4.43. The molecule has 1 aromatic rings. The average molecular weight is 215 g/mol. The lowest BCUT2D eigenvalue weighted by atomic mass is 10.1. The summed E-state index contributed by atoms with van der Waals surface area (Å²) in [7, 11) is 0. The van der Waals surface area contributed by atoms with Gasteiger partial charge < -0.3 is 5.73 Å². The molecule has 1 rings (SSSR count). The minimum Gasteiger partial charge on any atom is -0.350 e. The molecule has 0 aromatic heterocycles. The van der Waals surface area contributed by atoms with E-state index in [-0.39, 0.29) is 0 Å². The molecule has 76 valence electrons. The summed E-state index contributed by atoms with van der Waals surface area (Å²) < 4.78 is 0. The van der Waals surface area contributed by atoms with Gasteiger partial charge in [0.1, 0.15) is 0 Å². The molecule has 4 nitrogen and oxygen atoms in total. The first kappa shape index (κ1) is 10.8. The van der Waals surface area contributed by atoms with Crippen LogP contribution in [-0.4, -0.2) is 16.3 Å². The smallest absolute Gasteiger partial charge is 0.339 e. The van der Waals surface area contributed by atoms with Crippen LogP contribution >= 0.6 is 11.6 Å². The number of hydrogen-bond acceptors (Lipinski definition) is 2. The van der Waals surface area contributed by atoms with Crippen LogP contribution in [0.3, 0.4) is 0 Å². The topological polar surface area (TPSA) is 66.6 Å². The Hall–Kier alpha value is -1.26. The molecule has 0 saturated carbocycles. The molecule has 0 aliphatic carbocycles. The average Bonchev–Trinajstić information content (AvgIpc) is 2.16. The number of rotatable bonds is 2. The molecule has 0 heterocycles. The fourth-order valence-corrected chi connectivity index (χ4v) is 1.20. The summed E-state index contributed by atoms with van der Waals surface area (Å²) in [6, 6.07) is 5.44. The largest absolute Gasteiger partial charge is 0.350 e. The number of benzene rings is 1. The van der Waals surface area contributed by atoms with Gasteiger partial charge in [-0.05, 0) is 24.6 Å². The number of hydroxylamine groups is 2. The SMILES string of the molecule is CC(c1ccc(Cl)cc1)N(O)C(N)=O. The lowest BCUT2D eigenvalue weighted by molar-refractivity contribution is -0.0709. The van der Waals surface area contributed by atoms with Crippen LogP contribution in [0.2, 0.25) is 5.02 Å². The Morgan fingerprint density at radius 2 is 2.00 bits per heavy atom. The standard InChI is InChI=1S/C9H11ClN2O2/c1-6(12(14)9(11)13)7-2-4-8(10)5-3-7/h2-6,14H,1H3,(H2,11,13). The van der Waals surface area contributed by atoms with E-state index in [1.165, 1.54) is 0 Å². The lowest BCUT2D eigenvalue weighted by Gasteiger charge is -2.20. The van der Waals surface area contributed by atoms with Crippen molar-refractivity contribution in [3.05, 3.63) is 34.9 Å². The van der Waals surface area contributed by atoms with Gasteiger partial charge in [-0.25, -0.2) is 4.79 Å². The predicted molar refractivity (Wildman–Crippen MR) is 53.1 cm³/mol. The maximum absolute atomic E-state index is 10.7. The van der Waals surface area contributed by atoms with Crippen LogP contribution in [-0.2, 0) is 0 Å². The van der Waals surface area contributed by atoms with Crippen molar-refractivity contribution in [2.75, 3.05) is 0 Å². The highest BCUT2D eigenvalue weighted by Crippen LogP contribution is 2.20. The summed E-state index contributed by atoms with van der Waals surface area (Å²) in [5.74, 6) is 0. The highest BCUT2D eigenvalue weighted by atomic mass is 35.5. The van der Waals surface area contributed by atoms with Crippen LogP contribution in [0, 0.1) is 0 Å². The van der Waals surface area contributed by atoms with Gasteiger partial charge in [0.05, 0.1) is 6.04 Å². The second-order valence-electron chi connectivity index (χ2n) is 2.91. The van der Waals surface area contributed by atoms with E-state index in [1.54, 1.807) is 31.2 Å². The van der Waals surface area contributed by atoms with Gasteiger partial charge in [-0.2, -0.15) is 5.06 Å². The van der Waals surface area contributed by atoms with Crippen molar-refractivity contribution < 1.29 is 10.0 Å². The molecule has 2 amide bonds. The van der Waals surface area contributed by atoms with Crippen LogP contribution < -0.4 is 5.73 Å². The number of nitrogens with two attached hydrogens (primary N) is 1. The molecule has 0 spiro atoms. The van der Waals surface area contributed by atoms with E-state index in [2.05, 4.69) is 0 Å². The van der Waals surface area contributed by atoms with E-state index in [4.69, 9.17) is 17.3 Å².